The Morgan fingerprint density at radius 1 is 1.16 bits per heavy atom. The lowest BCUT2D eigenvalue weighted by atomic mass is 9.86. The molecule has 0 unspecified atom stereocenters. The highest BCUT2D eigenvalue weighted by molar-refractivity contribution is 5.64. The predicted molar refractivity (Wildman–Crippen MR) is 75.1 cm³/mol. The Balaban J connectivity index is 1.65. The molecule has 1 amide bonds. The van der Waals surface area contributed by atoms with Crippen molar-refractivity contribution in [2.75, 3.05) is 6.54 Å². The van der Waals surface area contributed by atoms with Crippen LogP contribution in [0.5, 0.6) is 0 Å². The quantitative estimate of drug-likeness (QED) is 0.764. The van der Waals surface area contributed by atoms with Crippen LogP contribution in [0.2, 0.25) is 0 Å². The van der Waals surface area contributed by atoms with Gasteiger partial charge >= 0.3 is 6.09 Å². The lowest BCUT2D eigenvalue weighted by molar-refractivity contribution is 0.189. The summed E-state index contributed by atoms with van der Waals surface area (Å²) in [7, 11) is 0. The van der Waals surface area contributed by atoms with E-state index in [-0.39, 0.29) is 0 Å². The maximum absolute atomic E-state index is 10.4. The summed E-state index contributed by atoms with van der Waals surface area (Å²) in [6, 6.07) is 11.0. The molecule has 4 nitrogen and oxygen atoms in total. The van der Waals surface area contributed by atoms with Gasteiger partial charge in [0.15, 0.2) is 0 Å². The monoisotopic (exact) mass is 262 g/mol. The number of rotatable bonds is 5. The molecule has 1 aromatic carbocycles. The first-order valence-corrected chi connectivity index (χ1v) is 6.98. The van der Waals surface area contributed by atoms with Crippen LogP contribution in [-0.4, -0.2) is 23.8 Å². The minimum atomic E-state index is -0.913. The molecule has 0 spiro atoms. The van der Waals surface area contributed by atoms with E-state index in [1.807, 2.05) is 6.07 Å². The first-order chi connectivity index (χ1) is 9.24. The minimum Gasteiger partial charge on any atom is -0.465 e. The van der Waals surface area contributed by atoms with Crippen LogP contribution < -0.4 is 10.6 Å². The highest BCUT2D eigenvalue weighted by Gasteiger charge is 2.20. The smallest absolute Gasteiger partial charge is 0.404 e. The number of carbonyl (C=O) groups is 1. The fourth-order valence-corrected chi connectivity index (χ4v) is 2.66. The topological polar surface area (TPSA) is 61.4 Å². The molecule has 0 heterocycles. The van der Waals surface area contributed by atoms with Gasteiger partial charge in [0.2, 0.25) is 0 Å². The number of hydrogen-bond donors (Lipinski definition) is 3. The highest BCUT2D eigenvalue weighted by atomic mass is 16.4. The van der Waals surface area contributed by atoms with Crippen molar-refractivity contribution in [3.63, 3.8) is 0 Å². The van der Waals surface area contributed by atoms with Crippen LogP contribution in [0.3, 0.4) is 0 Å². The van der Waals surface area contributed by atoms with E-state index in [0.717, 1.165) is 32.2 Å². The van der Waals surface area contributed by atoms with Crippen LogP contribution in [0.1, 0.15) is 31.2 Å². The second-order valence-electron chi connectivity index (χ2n) is 5.27. The zero-order valence-electron chi connectivity index (χ0n) is 11.1. The van der Waals surface area contributed by atoms with E-state index in [9.17, 15) is 4.79 Å². The van der Waals surface area contributed by atoms with E-state index in [1.165, 1.54) is 5.56 Å². The fourth-order valence-electron chi connectivity index (χ4n) is 2.66. The maximum atomic E-state index is 10.4. The molecule has 1 aliphatic carbocycles. The molecule has 3 N–H and O–H groups in total. The number of hydrogen-bond acceptors (Lipinski definition) is 2. The first-order valence-electron chi connectivity index (χ1n) is 6.98. The van der Waals surface area contributed by atoms with E-state index in [2.05, 4.69) is 34.9 Å². The Bertz CT molecular complexity index is 386. The number of amides is 1. The molecule has 1 fully saturated rings. The third kappa shape index (κ3) is 4.91. The van der Waals surface area contributed by atoms with E-state index in [1.54, 1.807) is 0 Å². The molecule has 1 aromatic rings. The van der Waals surface area contributed by atoms with Crippen LogP contribution >= 0.6 is 0 Å². The number of benzene rings is 1. The van der Waals surface area contributed by atoms with Gasteiger partial charge in [-0.1, -0.05) is 30.3 Å². The van der Waals surface area contributed by atoms with E-state index in [4.69, 9.17) is 5.11 Å². The van der Waals surface area contributed by atoms with E-state index < -0.39 is 6.09 Å². The minimum absolute atomic E-state index is 0.505. The molecule has 19 heavy (non-hydrogen) atoms. The van der Waals surface area contributed by atoms with E-state index in [0.29, 0.717) is 18.5 Å². The molecule has 2 rings (SSSR count). The van der Waals surface area contributed by atoms with Crippen molar-refractivity contribution in [1.29, 1.82) is 0 Å². The van der Waals surface area contributed by atoms with Crippen molar-refractivity contribution in [2.45, 2.75) is 38.3 Å². The van der Waals surface area contributed by atoms with Crippen molar-refractivity contribution in [2.24, 2.45) is 5.92 Å². The SMILES string of the molecule is O=C(O)NCC1CCC(NCc2ccccc2)CC1. The Morgan fingerprint density at radius 3 is 2.47 bits per heavy atom. The van der Waals surface area contributed by atoms with Gasteiger partial charge in [-0.15, -0.1) is 0 Å². The van der Waals surface area contributed by atoms with Gasteiger partial charge in [-0.05, 0) is 37.2 Å². The summed E-state index contributed by atoms with van der Waals surface area (Å²) >= 11 is 0. The molecule has 1 aliphatic rings. The summed E-state index contributed by atoms with van der Waals surface area (Å²) in [4.78, 5) is 10.4. The first kappa shape index (κ1) is 13.9. The molecular formula is C15H22N2O2. The van der Waals surface area contributed by atoms with Gasteiger partial charge in [-0.2, -0.15) is 0 Å². The second-order valence-corrected chi connectivity index (χ2v) is 5.27. The predicted octanol–water partition coefficient (Wildman–Crippen LogP) is 2.60. The van der Waals surface area contributed by atoms with Gasteiger partial charge in [0, 0.05) is 19.1 Å². The Kier molecular flexibility index (Phi) is 5.21. The Morgan fingerprint density at radius 2 is 1.84 bits per heavy atom. The van der Waals surface area contributed by atoms with Gasteiger partial charge in [-0.3, -0.25) is 0 Å². The number of carboxylic acid groups (broad SMARTS) is 1. The largest absolute Gasteiger partial charge is 0.465 e. The van der Waals surface area contributed by atoms with Crippen molar-refractivity contribution < 1.29 is 9.90 Å². The molecule has 0 saturated heterocycles. The Labute approximate surface area is 114 Å². The fraction of sp³-hybridized carbons (Fsp3) is 0.533. The molecule has 0 atom stereocenters. The lowest BCUT2D eigenvalue weighted by Crippen LogP contribution is -2.36. The van der Waals surface area contributed by atoms with Crippen LogP contribution in [0.15, 0.2) is 30.3 Å². The molecule has 1 saturated carbocycles. The summed E-state index contributed by atoms with van der Waals surface area (Å²) in [5, 5.41) is 14.7. The van der Waals surface area contributed by atoms with Gasteiger partial charge < -0.3 is 15.7 Å². The van der Waals surface area contributed by atoms with Crippen LogP contribution in [0.25, 0.3) is 0 Å². The summed E-state index contributed by atoms with van der Waals surface area (Å²) in [5.41, 5.74) is 1.32. The summed E-state index contributed by atoms with van der Waals surface area (Å²) in [6.07, 6.45) is 3.57. The van der Waals surface area contributed by atoms with Gasteiger partial charge in [-0.25, -0.2) is 4.79 Å². The van der Waals surface area contributed by atoms with Gasteiger partial charge in [0.25, 0.3) is 0 Å². The van der Waals surface area contributed by atoms with Crippen molar-refractivity contribution in [3.05, 3.63) is 35.9 Å². The van der Waals surface area contributed by atoms with Gasteiger partial charge in [0.05, 0.1) is 0 Å². The lowest BCUT2D eigenvalue weighted by Gasteiger charge is -2.29. The van der Waals surface area contributed by atoms with E-state index >= 15 is 0 Å². The molecular weight excluding hydrogens is 240 g/mol. The van der Waals surface area contributed by atoms with Crippen LogP contribution in [0, 0.1) is 5.92 Å². The zero-order chi connectivity index (χ0) is 13.5. The Hall–Kier alpha value is -1.55. The molecule has 104 valence electrons. The molecule has 0 bridgehead atoms. The van der Waals surface area contributed by atoms with Crippen LogP contribution in [-0.2, 0) is 6.54 Å². The molecule has 0 radical (unpaired) electrons. The third-order valence-corrected chi connectivity index (χ3v) is 3.83. The number of nitrogens with one attached hydrogen (secondary N) is 2. The average Bonchev–Trinajstić information content (AvgIpc) is 2.45. The summed E-state index contributed by atoms with van der Waals surface area (Å²) < 4.78 is 0. The normalized spacial score (nSPS) is 22.9. The molecule has 4 heteroatoms. The maximum Gasteiger partial charge on any atom is 0.404 e. The van der Waals surface area contributed by atoms with Crippen molar-refractivity contribution >= 4 is 6.09 Å². The molecule has 0 aromatic heterocycles. The van der Waals surface area contributed by atoms with Crippen molar-refractivity contribution in [3.8, 4) is 0 Å². The molecule has 0 aliphatic heterocycles. The second kappa shape index (κ2) is 7.14. The highest BCUT2D eigenvalue weighted by Crippen LogP contribution is 2.23. The standard InChI is InChI=1S/C15H22N2O2/c18-15(19)17-11-13-6-8-14(9-7-13)16-10-12-4-2-1-3-5-12/h1-5,13-14,16-17H,6-11H2,(H,18,19). The van der Waals surface area contributed by atoms with Gasteiger partial charge in [0.1, 0.15) is 0 Å². The summed E-state index contributed by atoms with van der Waals surface area (Å²) in [6.45, 7) is 1.52. The summed E-state index contributed by atoms with van der Waals surface area (Å²) in [5.74, 6) is 0.505. The van der Waals surface area contributed by atoms with Crippen molar-refractivity contribution in [1.82, 2.24) is 10.6 Å². The third-order valence-electron chi connectivity index (χ3n) is 3.83. The average molecular weight is 262 g/mol. The zero-order valence-corrected chi connectivity index (χ0v) is 11.1. The van der Waals surface area contributed by atoms with Crippen LogP contribution in [0.4, 0.5) is 4.79 Å².